The molecule has 2 N–H and O–H groups in total. The van der Waals surface area contributed by atoms with Gasteiger partial charge in [0.25, 0.3) is 0 Å². The fourth-order valence-electron chi connectivity index (χ4n) is 0.976. The van der Waals surface area contributed by atoms with E-state index in [4.69, 9.17) is 10.2 Å². The van der Waals surface area contributed by atoms with Crippen LogP contribution in [0.3, 0.4) is 0 Å². The molecule has 0 atom stereocenters. The van der Waals surface area contributed by atoms with Crippen molar-refractivity contribution in [3.8, 4) is 0 Å². The van der Waals surface area contributed by atoms with E-state index in [9.17, 15) is 0 Å². The highest BCUT2D eigenvalue weighted by Crippen LogP contribution is 1.93. The topological polar surface area (TPSA) is 66.2 Å². The van der Waals surface area contributed by atoms with Gasteiger partial charge in [-0.25, -0.2) is 0 Å². The predicted molar refractivity (Wildman–Crippen MR) is 60.3 cm³/mol. The summed E-state index contributed by atoms with van der Waals surface area (Å²) in [6.45, 7) is 0.199. The average Bonchev–Trinajstić information content (AvgIpc) is 2.41. The summed E-state index contributed by atoms with van der Waals surface area (Å²) in [6.07, 6.45) is 6.63. The van der Waals surface area contributed by atoms with Crippen LogP contribution in [0.4, 0.5) is 0 Å². The molecule has 16 heavy (non-hydrogen) atoms. The summed E-state index contributed by atoms with van der Waals surface area (Å²) in [4.78, 5) is 7.56. The molecule has 0 bridgehead atoms. The van der Waals surface area contributed by atoms with E-state index in [0.717, 1.165) is 11.1 Å². The first-order chi connectivity index (χ1) is 7.86. The van der Waals surface area contributed by atoms with Gasteiger partial charge in [0.05, 0.1) is 13.2 Å². The third kappa shape index (κ3) is 4.63. The summed E-state index contributed by atoms with van der Waals surface area (Å²) < 4.78 is 0. The van der Waals surface area contributed by atoms with Crippen molar-refractivity contribution in [2.24, 2.45) is 0 Å². The summed E-state index contributed by atoms with van der Waals surface area (Å²) in [6, 6.07) is 7.11. The molecule has 0 amide bonds. The predicted octanol–water partition coefficient (Wildman–Crippen LogP) is 1.15. The molecule has 0 aliphatic heterocycles. The highest BCUT2D eigenvalue weighted by atomic mass is 16.3. The van der Waals surface area contributed by atoms with E-state index in [0.29, 0.717) is 0 Å². The smallest absolute Gasteiger partial charge is 0.0682 e. The number of nitrogens with zero attached hydrogens (tertiary/aromatic N) is 2. The fourth-order valence-corrected chi connectivity index (χ4v) is 0.976. The van der Waals surface area contributed by atoms with Crippen LogP contribution in [0.1, 0.15) is 11.1 Å². The number of rotatable bonds is 2. The molecule has 0 spiro atoms. The lowest BCUT2D eigenvalue weighted by Crippen LogP contribution is -1.80. The van der Waals surface area contributed by atoms with Gasteiger partial charge in [-0.15, -0.1) is 0 Å². The van der Waals surface area contributed by atoms with Gasteiger partial charge in [0.1, 0.15) is 0 Å². The second-order valence-corrected chi connectivity index (χ2v) is 3.03. The Morgan fingerprint density at radius 1 is 0.688 bits per heavy atom. The summed E-state index contributed by atoms with van der Waals surface area (Å²) in [5.74, 6) is 0. The van der Waals surface area contributed by atoms with E-state index >= 15 is 0 Å². The Hall–Kier alpha value is -1.78. The number of hydrogen-bond donors (Lipinski definition) is 2. The molecule has 0 aliphatic carbocycles. The van der Waals surface area contributed by atoms with Gasteiger partial charge in [-0.1, -0.05) is 0 Å². The minimum Gasteiger partial charge on any atom is -0.392 e. The first-order valence-electron chi connectivity index (χ1n) is 4.86. The molecular weight excluding hydrogens is 204 g/mol. The van der Waals surface area contributed by atoms with E-state index < -0.39 is 0 Å². The van der Waals surface area contributed by atoms with Crippen LogP contribution in [-0.2, 0) is 13.2 Å². The Morgan fingerprint density at radius 2 is 1.00 bits per heavy atom. The van der Waals surface area contributed by atoms with Gasteiger partial charge in [0, 0.05) is 24.8 Å². The number of aliphatic hydroxyl groups is 2. The molecule has 0 saturated carbocycles. The summed E-state index contributed by atoms with van der Waals surface area (Å²) >= 11 is 0. The maximum atomic E-state index is 8.51. The van der Waals surface area contributed by atoms with Crippen molar-refractivity contribution in [3.05, 3.63) is 60.2 Å². The van der Waals surface area contributed by atoms with E-state index in [1.807, 2.05) is 0 Å². The molecule has 4 heteroatoms. The van der Waals surface area contributed by atoms with Crippen LogP contribution in [0.25, 0.3) is 0 Å². The van der Waals surface area contributed by atoms with Crippen LogP contribution < -0.4 is 0 Å². The first kappa shape index (κ1) is 12.3. The maximum Gasteiger partial charge on any atom is 0.0682 e. The van der Waals surface area contributed by atoms with Gasteiger partial charge in [-0.3, -0.25) is 9.97 Å². The Balaban J connectivity index is 0.000000160. The Bertz CT molecular complexity index is 339. The highest BCUT2D eigenvalue weighted by Gasteiger charge is 1.82. The second kappa shape index (κ2) is 7.50. The van der Waals surface area contributed by atoms with Crippen molar-refractivity contribution in [1.82, 2.24) is 9.97 Å². The molecule has 0 aromatic carbocycles. The van der Waals surface area contributed by atoms with Crippen LogP contribution in [0, 0.1) is 0 Å². The molecule has 4 nitrogen and oxygen atoms in total. The Kier molecular flexibility index (Phi) is 5.76. The van der Waals surface area contributed by atoms with Crippen LogP contribution in [0.2, 0.25) is 0 Å². The van der Waals surface area contributed by atoms with Gasteiger partial charge < -0.3 is 10.2 Å². The molecule has 0 aliphatic rings. The summed E-state index contributed by atoms with van der Waals surface area (Å²) in [7, 11) is 0. The zero-order valence-corrected chi connectivity index (χ0v) is 8.82. The maximum absolute atomic E-state index is 8.51. The molecule has 0 radical (unpaired) electrons. The molecule has 0 unspecified atom stereocenters. The van der Waals surface area contributed by atoms with Crippen LogP contribution in [0.5, 0.6) is 0 Å². The second-order valence-electron chi connectivity index (χ2n) is 3.03. The van der Waals surface area contributed by atoms with Crippen molar-refractivity contribution < 1.29 is 10.2 Å². The largest absolute Gasteiger partial charge is 0.392 e. The summed E-state index contributed by atoms with van der Waals surface area (Å²) in [5, 5.41) is 17.0. The Labute approximate surface area is 94.3 Å². The lowest BCUT2D eigenvalue weighted by atomic mass is 10.3. The number of hydrogen-bond acceptors (Lipinski definition) is 4. The van der Waals surface area contributed by atoms with Crippen LogP contribution in [-0.4, -0.2) is 20.2 Å². The van der Waals surface area contributed by atoms with E-state index in [-0.39, 0.29) is 13.2 Å². The zero-order chi connectivity index (χ0) is 11.6. The lowest BCUT2D eigenvalue weighted by molar-refractivity contribution is 0.281. The molecule has 2 aromatic rings. The molecule has 2 aromatic heterocycles. The minimum atomic E-state index is 0.0997. The van der Waals surface area contributed by atoms with Gasteiger partial charge in [0.2, 0.25) is 0 Å². The SMILES string of the molecule is OCc1ccncc1.OCc1ccncc1. The van der Waals surface area contributed by atoms with Gasteiger partial charge in [-0.05, 0) is 35.4 Å². The molecule has 84 valence electrons. The van der Waals surface area contributed by atoms with Gasteiger partial charge in [0.15, 0.2) is 0 Å². The van der Waals surface area contributed by atoms with Crippen molar-refractivity contribution in [3.63, 3.8) is 0 Å². The number of aliphatic hydroxyl groups excluding tert-OH is 2. The van der Waals surface area contributed by atoms with Crippen molar-refractivity contribution in [1.29, 1.82) is 0 Å². The van der Waals surface area contributed by atoms with Crippen molar-refractivity contribution in [2.75, 3.05) is 0 Å². The van der Waals surface area contributed by atoms with Crippen molar-refractivity contribution in [2.45, 2.75) is 13.2 Å². The summed E-state index contributed by atoms with van der Waals surface area (Å²) in [5.41, 5.74) is 1.81. The van der Waals surface area contributed by atoms with Crippen molar-refractivity contribution >= 4 is 0 Å². The van der Waals surface area contributed by atoms with Crippen LogP contribution in [0.15, 0.2) is 49.1 Å². The quantitative estimate of drug-likeness (QED) is 0.793. The standard InChI is InChI=1S/2C6H7NO/c2*8-5-6-1-3-7-4-2-6/h2*1-4,8H,5H2. The first-order valence-corrected chi connectivity index (χ1v) is 4.86. The van der Waals surface area contributed by atoms with Crippen LogP contribution >= 0.6 is 0 Å². The molecule has 2 rings (SSSR count). The van der Waals surface area contributed by atoms with Gasteiger partial charge >= 0.3 is 0 Å². The van der Waals surface area contributed by atoms with E-state index in [1.165, 1.54) is 0 Å². The molecule has 0 fully saturated rings. The number of pyridine rings is 2. The molecule has 0 saturated heterocycles. The molecule has 2 heterocycles. The third-order valence-electron chi connectivity index (χ3n) is 1.86. The number of aromatic nitrogens is 2. The average molecular weight is 218 g/mol. The van der Waals surface area contributed by atoms with E-state index in [1.54, 1.807) is 49.1 Å². The normalized spacial score (nSPS) is 9.12. The zero-order valence-electron chi connectivity index (χ0n) is 8.82. The monoisotopic (exact) mass is 218 g/mol. The highest BCUT2D eigenvalue weighted by molar-refractivity contribution is 5.07. The Morgan fingerprint density at radius 3 is 1.19 bits per heavy atom. The lowest BCUT2D eigenvalue weighted by Gasteiger charge is -1.88. The third-order valence-corrected chi connectivity index (χ3v) is 1.86. The van der Waals surface area contributed by atoms with Gasteiger partial charge in [-0.2, -0.15) is 0 Å². The minimum absolute atomic E-state index is 0.0997. The molecular formula is C12H14N2O2. The van der Waals surface area contributed by atoms with E-state index in [2.05, 4.69) is 9.97 Å². The fraction of sp³-hybridized carbons (Fsp3) is 0.167.